The molecule has 0 aromatic carbocycles. The summed E-state index contributed by atoms with van der Waals surface area (Å²) in [5, 5.41) is 3.33. The van der Waals surface area contributed by atoms with E-state index in [9.17, 15) is 0 Å². The number of aryl methyl sites for hydroxylation is 1. The number of anilines is 1. The van der Waals surface area contributed by atoms with Gasteiger partial charge < -0.3 is 5.32 Å². The molecule has 0 aliphatic heterocycles. The first kappa shape index (κ1) is 12.9. The first-order chi connectivity index (χ1) is 7.58. The molecular weight excluding hydrogens is 198 g/mol. The fourth-order valence-corrected chi connectivity index (χ4v) is 1.85. The summed E-state index contributed by atoms with van der Waals surface area (Å²) in [4.78, 5) is 9.19. The highest BCUT2D eigenvalue weighted by atomic mass is 15.0. The van der Waals surface area contributed by atoms with E-state index in [4.69, 9.17) is 0 Å². The van der Waals surface area contributed by atoms with Crippen molar-refractivity contribution in [3.63, 3.8) is 0 Å². The lowest BCUT2D eigenvalue weighted by molar-refractivity contribution is 0.618. The highest BCUT2D eigenvalue weighted by molar-refractivity contribution is 5.46. The summed E-state index contributed by atoms with van der Waals surface area (Å²) in [5.41, 5.74) is 2.36. The number of hydrogen-bond donors (Lipinski definition) is 1. The molecule has 0 unspecified atom stereocenters. The number of nitrogens with zero attached hydrogens (tertiary/aromatic N) is 2. The summed E-state index contributed by atoms with van der Waals surface area (Å²) >= 11 is 0. The monoisotopic (exact) mass is 221 g/mol. The predicted molar refractivity (Wildman–Crippen MR) is 68.9 cm³/mol. The van der Waals surface area contributed by atoms with E-state index in [-0.39, 0.29) is 0 Å². The molecule has 0 spiro atoms. The minimum atomic E-state index is 0.598. The van der Waals surface area contributed by atoms with Crippen LogP contribution in [0.25, 0.3) is 0 Å². The van der Waals surface area contributed by atoms with Gasteiger partial charge in [-0.05, 0) is 26.2 Å². The Kier molecular flexibility index (Phi) is 4.71. The fourth-order valence-electron chi connectivity index (χ4n) is 1.85. The van der Waals surface area contributed by atoms with Crippen molar-refractivity contribution in [2.24, 2.45) is 5.92 Å². The summed E-state index contributed by atoms with van der Waals surface area (Å²) in [5.74, 6) is 2.58. The maximum Gasteiger partial charge on any atom is 0.133 e. The van der Waals surface area contributed by atoms with E-state index in [1.165, 1.54) is 5.56 Å². The van der Waals surface area contributed by atoms with Crippen molar-refractivity contribution < 1.29 is 0 Å². The molecule has 16 heavy (non-hydrogen) atoms. The Labute approximate surface area is 98.7 Å². The van der Waals surface area contributed by atoms with E-state index in [1.807, 2.05) is 0 Å². The predicted octanol–water partition coefficient (Wildman–Crippen LogP) is 2.98. The minimum Gasteiger partial charge on any atom is -0.370 e. The van der Waals surface area contributed by atoms with Crippen molar-refractivity contribution >= 4 is 5.82 Å². The van der Waals surface area contributed by atoms with Gasteiger partial charge in [0.15, 0.2) is 0 Å². The smallest absolute Gasteiger partial charge is 0.133 e. The maximum absolute atomic E-state index is 4.61. The Balaban J connectivity index is 3.06. The number of rotatable bonds is 5. The lowest BCUT2D eigenvalue weighted by Gasteiger charge is -2.13. The second kappa shape index (κ2) is 5.83. The van der Waals surface area contributed by atoms with Crippen molar-refractivity contribution in [2.75, 3.05) is 11.9 Å². The molecule has 3 heteroatoms. The van der Waals surface area contributed by atoms with Crippen LogP contribution in [0.4, 0.5) is 5.82 Å². The molecule has 1 aromatic rings. The minimum absolute atomic E-state index is 0.598. The molecule has 1 N–H and O–H groups in total. The summed E-state index contributed by atoms with van der Waals surface area (Å²) < 4.78 is 0. The van der Waals surface area contributed by atoms with Crippen molar-refractivity contribution in [3.8, 4) is 0 Å². The third-order valence-corrected chi connectivity index (χ3v) is 2.55. The van der Waals surface area contributed by atoms with Gasteiger partial charge in [0.1, 0.15) is 11.6 Å². The van der Waals surface area contributed by atoms with Crippen molar-refractivity contribution in [1.82, 2.24) is 9.97 Å². The molecule has 1 aromatic heterocycles. The molecular formula is C13H23N3. The normalized spacial score (nSPS) is 10.9. The first-order valence-corrected chi connectivity index (χ1v) is 6.18. The van der Waals surface area contributed by atoms with Crippen LogP contribution in [-0.4, -0.2) is 16.5 Å². The van der Waals surface area contributed by atoms with Gasteiger partial charge in [-0.25, -0.2) is 9.97 Å². The number of aromatic nitrogens is 2. The lowest BCUT2D eigenvalue weighted by Crippen LogP contribution is -2.11. The molecule has 0 fully saturated rings. The van der Waals surface area contributed by atoms with Gasteiger partial charge in [0.25, 0.3) is 0 Å². The van der Waals surface area contributed by atoms with E-state index in [0.29, 0.717) is 5.92 Å². The number of hydrogen-bond acceptors (Lipinski definition) is 3. The van der Waals surface area contributed by atoms with Gasteiger partial charge in [-0.3, -0.25) is 0 Å². The van der Waals surface area contributed by atoms with Gasteiger partial charge >= 0.3 is 0 Å². The standard InChI is InChI=1S/C13H23N3/c1-6-11-10(5)15-12(8-9(3)4)16-13(11)14-7-2/h9H,6-8H2,1-5H3,(H,14,15,16). The third-order valence-electron chi connectivity index (χ3n) is 2.55. The van der Waals surface area contributed by atoms with Crippen LogP contribution in [0, 0.1) is 12.8 Å². The van der Waals surface area contributed by atoms with E-state index in [2.05, 4.69) is 49.9 Å². The molecule has 0 aliphatic rings. The SMILES string of the molecule is CCNc1nc(CC(C)C)nc(C)c1CC. The number of nitrogens with one attached hydrogen (secondary N) is 1. The second-order valence-electron chi connectivity index (χ2n) is 4.53. The average Bonchev–Trinajstić information content (AvgIpc) is 2.16. The summed E-state index contributed by atoms with van der Waals surface area (Å²) in [6, 6.07) is 0. The molecule has 1 heterocycles. The Morgan fingerprint density at radius 3 is 2.38 bits per heavy atom. The second-order valence-corrected chi connectivity index (χ2v) is 4.53. The van der Waals surface area contributed by atoms with Crippen LogP contribution in [0.15, 0.2) is 0 Å². The third kappa shape index (κ3) is 3.19. The Bertz CT molecular complexity index is 345. The highest BCUT2D eigenvalue weighted by Gasteiger charge is 2.10. The Morgan fingerprint density at radius 2 is 1.88 bits per heavy atom. The molecule has 0 aliphatic carbocycles. The first-order valence-electron chi connectivity index (χ1n) is 6.18. The highest BCUT2D eigenvalue weighted by Crippen LogP contribution is 2.18. The molecule has 90 valence electrons. The van der Waals surface area contributed by atoms with Gasteiger partial charge in [-0.2, -0.15) is 0 Å². The van der Waals surface area contributed by atoms with E-state index in [0.717, 1.165) is 36.7 Å². The van der Waals surface area contributed by atoms with Gasteiger partial charge in [0, 0.05) is 24.2 Å². The summed E-state index contributed by atoms with van der Waals surface area (Å²) in [7, 11) is 0. The zero-order valence-electron chi connectivity index (χ0n) is 11.1. The maximum atomic E-state index is 4.61. The van der Waals surface area contributed by atoms with Crippen LogP contribution < -0.4 is 5.32 Å². The Morgan fingerprint density at radius 1 is 1.19 bits per heavy atom. The molecule has 0 amide bonds. The molecule has 0 saturated carbocycles. The van der Waals surface area contributed by atoms with Gasteiger partial charge in [-0.15, -0.1) is 0 Å². The summed E-state index contributed by atoms with van der Waals surface area (Å²) in [6.45, 7) is 11.6. The van der Waals surface area contributed by atoms with Crippen molar-refractivity contribution in [1.29, 1.82) is 0 Å². The summed E-state index contributed by atoms with van der Waals surface area (Å²) in [6.07, 6.45) is 1.93. The molecule has 0 saturated heterocycles. The zero-order chi connectivity index (χ0) is 12.1. The van der Waals surface area contributed by atoms with Gasteiger partial charge in [0.05, 0.1) is 0 Å². The molecule has 0 radical (unpaired) electrons. The van der Waals surface area contributed by atoms with Crippen LogP contribution in [0.3, 0.4) is 0 Å². The quantitative estimate of drug-likeness (QED) is 0.830. The van der Waals surface area contributed by atoms with Crippen LogP contribution in [0.5, 0.6) is 0 Å². The van der Waals surface area contributed by atoms with E-state index in [1.54, 1.807) is 0 Å². The van der Waals surface area contributed by atoms with E-state index < -0.39 is 0 Å². The van der Waals surface area contributed by atoms with Gasteiger partial charge in [-0.1, -0.05) is 20.8 Å². The zero-order valence-corrected chi connectivity index (χ0v) is 11.1. The van der Waals surface area contributed by atoms with Crippen LogP contribution in [-0.2, 0) is 12.8 Å². The van der Waals surface area contributed by atoms with Gasteiger partial charge in [0.2, 0.25) is 0 Å². The fraction of sp³-hybridized carbons (Fsp3) is 0.692. The van der Waals surface area contributed by atoms with Crippen molar-refractivity contribution in [3.05, 3.63) is 17.1 Å². The molecule has 1 rings (SSSR count). The lowest BCUT2D eigenvalue weighted by atomic mass is 10.1. The van der Waals surface area contributed by atoms with E-state index >= 15 is 0 Å². The molecule has 0 atom stereocenters. The largest absolute Gasteiger partial charge is 0.370 e. The van der Waals surface area contributed by atoms with Crippen LogP contribution in [0.1, 0.15) is 44.8 Å². The molecule has 3 nitrogen and oxygen atoms in total. The Hall–Kier alpha value is -1.12. The average molecular weight is 221 g/mol. The molecule has 0 bridgehead atoms. The van der Waals surface area contributed by atoms with Crippen LogP contribution in [0.2, 0.25) is 0 Å². The topological polar surface area (TPSA) is 37.8 Å². The van der Waals surface area contributed by atoms with Crippen molar-refractivity contribution in [2.45, 2.75) is 47.5 Å². The van der Waals surface area contributed by atoms with Crippen LogP contribution >= 0.6 is 0 Å².